The molecule has 44 heavy (non-hydrogen) atoms. The van der Waals surface area contributed by atoms with Crippen molar-refractivity contribution < 1.29 is 29.0 Å². The third-order valence-corrected chi connectivity index (χ3v) is 8.57. The van der Waals surface area contributed by atoms with Crippen molar-refractivity contribution in [2.75, 3.05) is 19.7 Å². The summed E-state index contributed by atoms with van der Waals surface area (Å²) in [6.07, 6.45) is 8.01. The number of benzene rings is 1. The van der Waals surface area contributed by atoms with Gasteiger partial charge in [-0.3, -0.25) is 19.6 Å². The number of aromatic carboxylic acids is 1. The number of hydrogen-bond acceptors (Lipinski definition) is 8. The average molecular weight is 603 g/mol. The van der Waals surface area contributed by atoms with Gasteiger partial charge in [0.2, 0.25) is 0 Å². The Morgan fingerprint density at radius 3 is 2.61 bits per heavy atom. The normalized spacial score (nSPS) is 17.0. The zero-order valence-electron chi connectivity index (χ0n) is 23.7. The molecule has 1 saturated carbocycles. The van der Waals surface area contributed by atoms with Gasteiger partial charge in [0.25, 0.3) is 5.91 Å². The third kappa shape index (κ3) is 5.58. The number of fused-ring (bicyclic) bond motifs is 2. The summed E-state index contributed by atoms with van der Waals surface area (Å²) >= 11 is 0. The van der Waals surface area contributed by atoms with Gasteiger partial charge in [0, 0.05) is 67.5 Å². The summed E-state index contributed by atoms with van der Waals surface area (Å²) in [7, 11) is 0. The standard InChI is InChI=1S/C33H30N4O6.Na.H/c1-2-42-28-15-25(36-30-23(28)7-10-35-29(30)19-3-4-19)31(39)37-11-8-33(9-12-37)16-26(38)24-14-20(5-6-27(24)43-33)21-13-22(32(40)41)18-34-17-21;;/h5-7,10,13-15,17-19H,2-4,8-9,11-12,16H2,1H3,(H,40,41);;. The number of amides is 1. The molecular formula is C33H31N4NaO6. The number of ketones is 1. The van der Waals surface area contributed by atoms with Crippen molar-refractivity contribution in [3.63, 3.8) is 0 Å². The van der Waals surface area contributed by atoms with Crippen molar-refractivity contribution in [2.45, 2.75) is 50.5 Å². The first-order valence-corrected chi connectivity index (χ1v) is 14.6. The van der Waals surface area contributed by atoms with Crippen LogP contribution in [0.5, 0.6) is 11.5 Å². The summed E-state index contributed by atoms with van der Waals surface area (Å²) in [5, 5.41) is 10.2. The number of carbonyl (C=O) groups is 3. The van der Waals surface area contributed by atoms with E-state index < -0.39 is 11.6 Å². The number of carbonyl (C=O) groups excluding carboxylic acids is 2. The number of nitrogens with zero attached hydrogens (tertiary/aromatic N) is 4. The van der Waals surface area contributed by atoms with E-state index in [9.17, 15) is 19.5 Å². The Bertz CT molecular complexity index is 1800. The van der Waals surface area contributed by atoms with Gasteiger partial charge in [-0.25, -0.2) is 9.78 Å². The van der Waals surface area contributed by atoms with Crippen molar-refractivity contribution in [2.24, 2.45) is 0 Å². The molecule has 3 aromatic heterocycles. The van der Waals surface area contributed by atoms with Crippen LogP contribution in [0.4, 0.5) is 0 Å². The quantitative estimate of drug-likeness (QED) is 0.313. The van der Waals surface area contributed by atoms with Crippen molar-refractivity contribution in [3.8, 4) is 22.6 Å². The van der Waals surface area contributed by atoms with Gasteiger partial charge in [-0.15, -0.1) is 0 Å². The van der Waals surface area contributed by atoms with E-state index in [1.165, 1.54) is 12.3 Å². The summed E-state index contributed by atoms with van der Waals surface area (Å²) in [6, 6.07) is 10.4. The molecule has 1 saturated heterocycles. The van der Waals surface area contributed by atoms with E-state index in [-0.39, 0.29) is 53.2 Å². The molecule has 4 aromatic rings. The summed E-state index contributed by atoms with van der Waals surface area (Å²) in [5.74, 6) is 0.230. The number of hydrogen-bond donors (Lipinski definition) is 1. The van der Waals surface area contributed by atoms with Gasteiger partial charge in [-0.05, 0) is 49.6 Å². The number of carboxylic acids is 1. The number of pyridine rings is 3. The van der Waals surface area contributed by atoms with E-state index in [2.05, 4.69) is 9.97 Å². The van der Waals surface area contributed by atoms with E-state index in [4.69, 9.17) is 14.5 Å². The molecule has 2 fully saturated rings. The molecule has 5 heterocycles. The van der Waals surface area contributed by atoms with E-state index in [0.29, 0.717) is 72.3 Å². The Kier molecular flexibility index (Phi) is 8.17. The Hall–Kier alpha value is -3.86. The van der Waals surface area contributed by atoms with Crippen molar-refractivity contribution in [1.29, 1.82) is 0 Å². The van der Waals surface area contributed by atoms with E-state index >= 15 is 0 Å². The van der Waals surface area contributed by atoms with E-state index in [1.54, 1.807) is 41.6 Å². The zero-order chi connectivity index (χ0) is 29.7. The fourth-order valence-corrected chi connectivity index (χ4v) is 6.13. The Morgan fingerprint density at radius 1 is 1.09 bits per heavy atom. The van der Waals surface area contributed by atoms with Crippen LogP contribution in [0.15, 0.2) is 55.0 Å². The van der Waals surface area contributed by atoms with Crippen LogP contribution in [0, 0.1) is 0 Å². The molecule has 1 aromatic carbocycles. The molecule has 0 atom stereocenters. The monoisotopic (exact) mass is 602 g/mol. The molecule has 1 aliphatic carbocycles. The Morgan fingerprint density at radius 2 is 1.89 bits per heavy atom. The zero-order valence-corrected chi connectivity index (χ0v) is 23.7. The number of carboxylic acid groups (broad SMARTS) is 1. The summed E-state index contributed by atoms with van der Waals surface area (Å²) in [5.41, 5.74) is 3.14. The number of aromatic nitrogens is 3. The van der Waals surface area contributed by atoms with Crippen LogP contribution in [0.3, 0.4) is 0 Å². The van der Waals surface area contributed by atoms with Crippen LogP contribution in [-0.2, 0) is 0 Å². The molecule has 220 valence electrons. The van der Waals surface area contributed by atoms with E-state index in [1.807, 2.05) is 13.0 Å². The minimum atomic E-state index is -1.07. The summed E-state index contributed by atoms with van der Waals surface area (Å²) in [6.45, 7) is 3.25. The van der Waals surface area contributed by atoms with Crippen molar-refractivity contribution in [3.05, 3.63) is 77.5 Å². The number of likely N-dealkylation sites (tertiary alicyclic amines) is 1. The molecule has 11 heteroatoms. The van der Waals surface area contributed by atoms with Crippen LogP contribution in [0.2, 0.25) is 0 Å². The van der Waals surface area contributed by atoms with Gasteiger partial charge in [0.05, 0.1) is 35.4 Å². The Labute approximate surface area is 276 Å². The first-order chi connectivity index (χ1) is 20.8. The average Bonchev–Trinajstić information content (AvgIpc) is 3.86. The van der Waals surface area contributed by atoms with Crippen LogP contribution in [0.25, 0.3) is 22.0 Å². The van der Waals surface area contributed by atoms with E-state index in [0.717, 1.165) is 29.4 Å². The third-order valence-electron chi connectivity index (χ3n) is 8.57. The molecule has 1 spiro atoms. The molecule has 1 N–H and O–H groups in total. The SMILES string of the molecule is CCOc1cc(C(=O)N2CCC3(CC2)CC(=O)c2cc(-c4cncc(C(=O)O)c4)ccc2O3)nc2c(C3CC3)nccc12.[NaH]. The topological polar surface area (TPSA) is 132 Å². The van der Waals surface area contributed by atoms with Crippen molar-refractivity contribution in [1.82, 2.24) is 19.9 Å². The fraction of sp³-hybridized carbons (Fsp3) is 0.333. The number of piperidine rings is 1. The fourth-order valence-electron chi connectivity index (χ4n) is 6.13. The first kappa shape index (κ1) is 30.2. The molecule has 1 amide bonds. The molecule has 3 aliphatic rings. The molecule has 0 unspecified atom stereocenters. The predicted molar refractivity (Wildman–Crippen MR) is 164 cm³/mol. The van der Waals surface area contributed by atoms with Gasteiger partial charge >= 0.3 is 35.5 Å². The number of ether oxygens (including phenoxy) is 2. The second kappa shape index (κ2) is 11.9. The van der Waals surface area contributed by atoms with Gasteiger partial charge in [-0.2, -0.15) is 0 Å². The maximum absolute atomic E-state index is 13.7. The van der Waals surface area contributed by atoms with Crippen molar-refractivity contribution >= 4 is 58.1 Å². The maximum atomic E-state index is 13.7. The second-order valence-electron chi connectivity index (χ2n) is 11.5. The van der Waals surface area contributed by atoms with Gasteiger partial charge in [0.1, 0.15) is 22.8 Å². The van der Waals surface area contributed by atoms with Gasteiger partial charge in [0.15, 0.2) is 5.78 Å². The molecule has 0 bridgehead atoms. The van der Waals surface area contributed by atoms with Crippen LogP contribution < -0.4 is 9.47 Å². The summed E-state index contributed by atoms with van der Waals surface area (Å²) in [4.78, 5) is 53.6. The first-order valence-electron chi connectivity index (χ1n) is 14.6. The summed E-state index contributed by atoms with van der Waals surface area (Å²) < 4.78 is 12.4. The molecule has 2 aliphatic heterocycles. The predicted octanol–water partition coefficient (Wildman–Crippen LogP) is 4.66. The van der Waals surface area contributed by atoms with Gasteiger partial charge in [-0.1, -0.05) is 6.07 Å². The second-order valence-corrected chi connectivity index (χ2v) is 11.5. The van der Waals surface area contributed by atoms with Crippen LogP contribution in [-0.4, -0.2) is 97.5 Å². The van der Waals surface area contributed by atoms with Crippen LogP contribution in [0.1, 0.15) is 81.8 Å². The van der Waals surface area contributed by atoms with Crippen LogP contribution >= 0.6 is 0 Å². The number of rotatable bonds is 6. The molecular weight excluding hydrogens is 571 g/mol. The Balaban J connectivity index is 0.00000343. The molecule has 7 rings (SSSR count). The van der Waals surface area contributed by atoms with Gasteiger partial charge < -0.3 is 19.5 Å². The molecule has 0 radical (unpaired) electrons. The minimum absolute atomic E-state index is 0. The number of Topliss-reactive ketones (excluding diaryl/α,β-unsaturated/α-hetero) is 1. The molecule has 10 nitrogen and oxygen atoms in total.